The van der Waals surface area contributed by atoms with Crippen LogP contribution in [0.5, 0.6) is 0 Å². The third kappa shape index (κ3) is 3.35. The molecule has 1 aliphatic heterocycles. The van der Waals surface area contributed by atoms with Gasteiger partial charge in [-0.2, -0.15) is 0 Å². The van der Waals surface area contributed by atoms with Crippen molar-refractivity contribution in [2.45, 2.75) is 13.0 Å². The summed E-state index contributed by atoms with van der Waals surface area (Å²) in [6, 6.07) is 3.41. The van der Waals surface area contributed by atoms with Crippen molar-refractivity contribution in [2.24, 2.45) is 7.05 Å². The minimum absolute atomic E-state index is 0.114. The molecule has 3 aromatic rings. The Morgan fingerprint density at radius 3 is 2.67 bits per heavy atom. The lowest BCUT2D eigenvalue weighted by Crippen LogP contribution is -2.53. The minimum atomic E-state index is -0.114. The first-order chi connectivity index (χ1) is 13.1. The van der Waals surface area contributed by atoms with Crippen LogP contribution in [0.3, 0.4) is 0 Å². The Labute approximate surface area is 156 Å². The second-order valence-electron chi connectivity index (χ2n) is 6.49. The molecule has 0 radical (unpaired) electrons. The summed E-state index contributed by atoms with van der Waals surface area (Å²) in [4.78, 5) is 38.2. The van der Waals surface area contributed by atoms with Crippen molar-refractivity contribution in [2.75, 3.05) is 29.4 Å². The monoisotopic (exact) mass is 364 g/mol. The van der Waals surface area contributed by atoms with Gasteiger partial charge in [0, 0.05) is 57.4 Å². The van der Waals surface area contributed by atoms with Gasteiger partial charge in [0.2, 0.25) is 5.95 Å². The number of anilines is 2. The van der Waals surface area contributed by atoms with Crippen molar-refractivity contribution in [1.29, 1.82) is 0 Å². The maximum atomic E-state index is 12.5. The number of nitrogens with zero attached hydrogens (tertiary/aromatic N) is 8. The van der Waals surface area contributed by atoms with Crippen molar-refractivity contribution in [3.05, 3.63) is 53.6 Å². The summed E-state index contributed by atoms with van der Waals surface area (Å²) in [5.41, 5.74) is 1.08. The van der Waals surface area contributed by atoms with E-state index in [9.17, 15) is 4.79 Å². The fraction of sp³-hybridized carbons (Fsp3) is 0.333. The number of hydrogen-bond donors (Lipinski definition) is 0. The third-order valence-corrected chi connectivity index (χ3v) is 4.71. The highest BCUT2D eigenvalue weighted by atomic mass is 16.1. The van der Waals surface area contributed by atoms with E-state index in [0.29, 0.717) is 17.3 Å². The quantitative estimate of drug-likeness (QED) is 0.672. The third-order valence-electron chi connectivity index (χ3n) is 4.71. The topological polar surface area (TPSA) is 92.9 Å². The SMILES string of the molecule is C[C@@H]1CN(c2cnccn2)CCN1c1nc(-c2ccncn2)cc(=O)n1C. The van der Waals surface area contributed by atoms with Gasteiger partial charge in [0.1, 0.15) is 12.1 Å². The van der Waals surface area contributed by atoms with E-state index in [-0.39, 0.29) is 11.6 Å². The molecule has 0 aliphatic carbocycles. The zero-order valence-electron chi connectivity index (χ0n) is 15.2. The van der Waals surface area contributed by atoms with Gasteiger partial charge in [-0.25, -0.2) is 19.9 Å². The van der Waals surface area contributed by atoms with Gasteiger partial charge in [0.25, 0.3) is 5.56 Å². The normalized spacial score (nSPS) is 17.2. The van der Waals surface area contributed by atoms with Crippen LogP contribution in [0.15, 0.2) is 48.0 Å². The molecule has 0 N–H and O–H groups in total. The summed E-state index contributed by atoms with van der Waals surface area (Å²) in [5.74, 6) is 1.50. The van der Waals surface area contributed by atoms with Crippen LogP contribution < -0.4 is 15.4 Å². The molecule has 0 saturated carbocycles. The van der Waals surface area contributed by atoms with Gasteiger partial charge in [-0.3, -0.25) is 14.3 Å². The molecule has 1 aliphatic rings. The molecule has 0 amide bonds. The van der Waals surface area contributed by atoms with Crippen LogP contribution in [0.1, 0.15) is 6.92 Å². The summed E-state index contributed by atoms with van der Waals surface area (Å²) < 4.78 is 1.58. The van der Waals surface area contributed by atoms with E-state index < -0.39 is 0 Å². The molecule has 4 rings (SSSR count). The number of piperazine rings is 1. The van der Waals surface area contributed by atoms with Gasteiger partial charge in [0.15, 0.2) is 0 Å². The zero-order chi connectivity index (χ0) is 18.8. The van der Waals surface area contributed by atoms with Gasteiger partial charge in [-0.15, -0.1) is 0 Å². The van der Waals surface area contributed by atoms with Gasteiger partial charge in [-0.1, -0.05) is 0 Å². The van der Waals surface area contributed by atoms with Crippen LogP contribution in [0.2, 0.25) is 0 Å². The summed E-state index contributed by atoms with van der Waals surface area (Å²) in [7, 11) is 1.75. The average molecular weight is 364 g/mol. The maximum absolute atomic E-state index is 12.5. The van der Waals surface area contributed by atoms with Gasteiger partial charge in [0.05, 0.1) is 17.6 Å². The van der Waals surface area contributed by atoms with Crippen molar-refractivity contribution >= 4 is 11.8 Å². The van der Waals surface area contributed by atoms with Crippen LogP contribution in [0.25, 0.3) is 11.4 Å². The highest BCUT2D eigenvalue weighted by molar-refractivity contribution is 5.55. The number of aromatic nitrogens is 6. The molecule has 1 atom stereocenters. The van der Waals surface area contributed by atoms with Crippen molar-refractivity contribution in [1.82, 2.24) is 29.5 Å². The maximum Gasteiger partial charge on any atom is 0.255 e. The summed E-state index contributed by atoms with van der Waals surface area (Å²) in [6.07, 6.45) is 8.23. The number of rotatable bonds is 3. The predicted octanol–water partition coefficient (Wildman–Crippen LogP) is 0.742. The van der Waals surface area contributed by atoms with Gasteiger partial charge in [-0.05, 0) is 13.0 Å². The Hall–Kier alpha value is -3.36. The molecule has 138 valence electrons. The molecule has 3 aromatic heterocycles. The summed E-state index contributed by atoms with van der Waals surface area (Å²) in [5, 5.41) is 0. The summed E-state index contributed by atoms with van der Waals surface area (Å²) >= 11 is 0. The molecule has 0 aromatic carbocycles. The van der Waals surface area contributed by atoms with Crippen LogP contribution >= 0.6 is 0 Å². The molecule has 0 bridgehead atoms. The second kappa shape index (κ2) is 7.10. The Kier molecular flexibility index (Phi) is 4.49. The van der Waals surface area contributed by atoms with Crippen LogP contribution in [0, 0.1) is 0 Å². The fourth-order valence-corrected chi connectivity index (χ4v) is 3.28. The Bertz CT molecular complexity index is 976. The molecule has 27 heavy (non-hydrogen) atoms. The molecule has 0 spiro atoms. The van der Waals surface area contributed by atoms with Crippen molar-refractivity contribution < 1.29 is 0 Å². The minimum Gasteiger partial charge on any atom is -0.352 e. The molecule has 1 saturated heterocycles. The van der Waals surface area contributed by atoms with E-state index in [1.54, 1.807) is 42.5 Å². The largest absolute Gasteiger partial charge is 0.352 e. The molecular formula is C18H20N8O. The van der Waals surface area contributed by atoms with Gasteiger partial charge < -0.3 is 9.80 Å². The lowest BCUT2D eigenvalue weighted by atomic mass is 10.2. The molecular weight excluding hydrogens is 344 g/mol. The lowest BCUT2D eigenvalue weighted by molar-refractivity contribution is 0.526. The second-order valence-corrected chi connectivity index (χ2v) is 6.49. The van der Waals surface area contributed by atoms with Gasteiger partial charge >= 0.3 is 0 Å². The van der Waals surface area contributed by atoms with E-state index in [0.717, 1.165) is 25.5 Å². The molecule has 9 heteroatoms. The highest BCUT2D eigenvalue weighted by Gasteiger charge is 2.27. The fourth-order valence-electron chi connectivity index (χ4n) is 3.28. The highest BCUT2D eigenvalue weighted by Crippen LogP contribution is 2.22. The molecule has 9 nitrogen and oxygen atoms in total. The average Bonchev–Trinajstić information content (AvgIpc) is 2.71. The van der Waals surface area contributed by atoms with E-state index in [4.69, 9.17) is 4.98 Å². The number of hydrogen-bond acceptors (Lipinski definition) is 8. The van der Waals surface area contributed by atoms with E-state index in [1.165, 1.54) is 12.4 Å². The predicted molar refractivity (Wildman–Crippen MR) is 102 cm³/mol. The first-order valence-corrected chi connectivity index (χ1v) is 8.75. The smallest absolute Gasteiger partial charge is 0.255 e. The van der Waals surface area contributed by atoms with E-state index >= 15 is 0 Å². The van der Waals surface area contributed by atoms with E-state index in [1.807, 2.05) is 0 Å². The first kappa shape index (κ1) is 17.1. The van der Waals surface area contributed by atoms with Crippen LogP contribution in [0.4, 0.5) is 11.8 Å². The Morgan fingerprint density at radius 2 is 1.96 bits per heavy atom. The lowest BCUT2D eigenvalue weighted by Gasteiger charge is -2.41. The summed E-state index contributed by atoms with van der Waals surface area (Å²) in [6.45, 7) is 4.39. The standard InChI is InChI=1S/C18H20N8O/c1-13-11-25(16-10-19-5-6-21-16)7-8-26(13)18-23-15(9-17(27)24(18)2)14-3-4-20-12-22-14/h3-6,9-10,12-13H,7-8,11H2,1-2H3/t13-/m1/s1. The molecule has 4 heterocycles. The van der Waals surface area contributed by atoms with Crippen LogP contribution in [-0.2, 0) is 7.05 Å². The zero-order valence-corrected chi connectivity index (χ0v) is 15.2. The molecule has 1 fully saturated rings. The Balaban J connectivity index is 1.64. The van der Waals surface area contributed by atoms with Crippen molar-refractivity contribution in [3.63, 3.8) is 0 Å². The first-order valence-electron chi connectivity index (χ1n) is 8.75. The van der Waals surface area contributed by atoms with E-state index in [2.05, 4.69) is 36.7 Å². The molecule has 0 unspecified atom stereocenters. The van der Waals surface area contributed by atoms with Crippen molar-refractivity contribution in [3.8, 4) is 11.4 Å². The Morgan fingerprint density at radius 1 is 1.07 bits per heavy atom. The van der Waals surface area contributed by atoms with Crippen LogP contribution in [-0.4, -0.2) is 55.2 Å².